The molecule has 0 spiro atoms. The molecule has 2 heterocycles. The SMILES string of the molecule is O=C(Cn1nnc(-c2ccc(Br)cc2)n1)N1CCN(c2ccc([N+](=O)[O-])cc2)CC1. The third-order valence-electron chi connectivity index (χ3n) is 4.89. The third kappa shape index (κ3) is 4.46. The quantitative estimate of drug-likeness (QED) is 0.414. The molecule has 0 atom stereocenters. The van der Waals surface area contributed by atoms with Crippen LogP contribution in [0.25, 0.3) is 11.4 Å². The molecule has 1 saturated heterocycles. The summed E-state index contributed by atoms with van der Waals surface area (Å²) in [5.74, 6) is 0.399. The molecule has 0 saturated carbocycles. The van der Waals surface area contributed by atoms with Crippen molar-refractivity contribution in [1.29, 1.82) is 0 Å². The predicted octanol–water partition coefficient (Wildman–Crippen LogP) is 2.36. The first-order chi connectivity index (χ1) is 14.5. The Morgan fingerprint density at radius 2 is 1.70 bits per heavy atom. The Balaban J connectivity index is 1.32. The number of anilines is 1. The van der Waals surface area contributed by atoms with Crippen molar-refractivity contribution in [1.82, 2.24) is 25.1 Å². The molecule has 4 rings (SSSR count). The minimum Gasteiger partial charge on any atom is -0.368 e. The van der Waals surface area contributed by atoms with E-state index >= 15 is 0 Å². The van der Waals surface area contributed by atoms with Crippen molar-refractivity contribution >= 4 is 33.2 Å². The summed E-state index contributed by atoms with van der Waals surface area (Å²) in [6, 6.07) is 14.0. The number of amides is 1. The number of tetrazole rings is 1. The molecule has 10 nitrogen and oxygen atoms in total. The fourth-order valence-electron chi connectivity index (χ4n) is 3.24. The number of hydrogen-bond acceptors (Lipinski definition) is 7. The Labute approximate surface area is 180 Å². The lowest BCUT2D eigenvalue weighted by Gasteiger charge is -2.36. The molecule has 0 N–H and O–H groups in total. The highest BCUT2D eigenvalue weighted by atomic mass is 79.9. The zero-order valence-electron chi connectivity index (χ0n) is 15.9. The molecule has 0 aliphatic carbocycles. The maximum atomic E-state index is 12.6. The average Bonchev–Trinajstić information content (AvgIpc) is 3.23. The Hall–Kier alpha value is -3.34. The molecule has 2 aromatic carbocycles. The van der Waals surface area contributed by atoms with Gasteiger partial charge in [0.1, 0.15) is 6.54 Å². The average molecular weight is 472 g/mol. The van der Waals surface area contributed by atoms with Crippen LogP contribution in [-0.4, -0.2) is 62.1 Å². The van der Waals surface area contributed by atoms with Crippen LogP contribution in [0.5, 0.6) is 0 Å². The van der Waals surface area contributed by atoms with Gasteiger partial charge in [0.15, 0.2) is 0 Å². The Kier molecular flexibility index (Phi) is 5.70. The molecule has 0 radical (unpaired) electrons. The van der Waals surface area contributed by atoms with E-state index in [9.17, 15) is 14.9 Å². The molecule has 1 aliphatic rings. The molecule has 154 valence electrons. The summed E-state index contributed by atoms with van der Waals surface area (Å²) in [5.41, 5.74) is 1.80. The van der Waals surface area contributed by atoms with Gasteiger partial charge in [0.25, 0.3) is 5.69 Å². The topological polar surface area (TPSA) is 110 Å². The number of carbonyl (C=O) groups excluding carboxylic acids is 1. The monoisotopic (exact) mass is 471 g/mol. The normalized spacial score (nSPS) is 14.0. The summed E-state index contributed by atoms with van der Waals surface area (Å²) >= 11 is 3.39. The number of hydrogen-bond donors (Lipinski definition) is 0. The maximum absolute atomic E-state index is 12.6. The number of piperazine rings is 1. The van der Waals surface area contributed by atoms with Gasteiger partial charge >= 0.3 is 0 Å². The second-order valence-corrected chi connectivity index (χ2v) is 7.71. The van der Waals surface area contributed by atoms with E-state index in [2.05, 4.69) is 36.2 Å². The minimum absolute atomic E-state index is 0.0288. The number of nitro benzene ring substituents is 1. The van der Waals surface area contributed by atoms with E-state index in [1.807, 2.05) is 24.3 Å². The van der Waals surface area contributed by atoms with Crippen LogP contribution in [0.1, 0.15) is 0 Å². The number of non-ortho nitro benzene ring substituents is 1. The highest BCUT2D eigenvalue weighted by Gasteiger charge is 2.22. The molecular formula is C19H18BrN7O3. The minimum atomic E-state index is -0.416. The zero-order chi connectivity index (χ0) is 21.1. The van der Waals surface area contributed by atoms with Gasteiger partial charge < -0.3 is 9.80 Å². The van der Waals surface area contributed by atoms with E-state index < -0.39 is 4.92 Å². The summed E-state index contributed by atoms with van der Waals surface area (Å²) in [6.07, 6.45) is 0. The largest absolute Gasteiger partial charge is 0.368 e. The van der Waals surface area contributed by atoms with Crippen LogP contribution in [0, 0.1) is 10.1 Å². The smallest absolute Gasteiger partial charge is 0.269 e. The maximum Gasteiger partial charge on any atom is 0.269 e. The van der Waals surface area contributed by atoms with Crippen molar-refractivity contribution in [2.24, 2.45) is 0 Å². The Bertz CT molecular complexity index is 1040. The van der Waals surface area contributed by atoms with Crippen molar-refractivity contribution < 1.29 is 9.72 Å². The van der Waals surface area contributed by atoms with Gasteiger partial charge in [0, 0.05) is 54.0 Å². The van der Waals surface area contributed by atoms with Gasteiger partial charge in [0.2, 0.25) is 11.7 Å². The number of aromatic nitrogens is 4. The van der Waals surface area contributed by atoms with Crippen LogP contribution < -0.4 is 4.90 Å². The van der Waals surface area contributed by atoms with Gasteiger partial charge in [0.05, 0.1) is 4.92 Å². The van der Waals surface area contributed by atoms with Crippen molar-refractivity contribution in [3.05, 3.63) is 63.1 Å². The van der Waals surface area contributed by atoms with Gasteiger partial charge in [-0.25, -0.2) is 0 Å². The van der Waals surface area contributed by atoms with E-state index in [1.165, 1.54) is 16.9 Å². The lowest BCUT2D eigenvalue weighted by atomic mass is 10.2. The van der Waals surface area contributed by atoms with E-state index in [0.29, 0.717) is 32.0 Å². The van der Waals surface area contributed by atoms with Crippen molar-refractivity contribution in [3.63, 3.8) is 0 Å². The fraction of sp³-hybridized carbons (Fsp3) is 0.263. The van der Waals surface area contributed by atoms with Crippen LogP contribution in [0.4, 0.5) is 11.4 Å². The highest BCUT2D eigenvalue weighted by molar-refractivity contribution is 9.10. The first kappa shape index (κ1) is 20.0. The first-order valence-corrected chi connectivity index (χ1v) is 10.1. The van der Waals surface area contributed by atoms with Crippen molar-refractivity contribution in [2.45, 2.75) is 6.54 Å². The lowest BCUT2D eigenvalue weighted by molar-refractivity contribution is -0.384. The fourth-order valence-corrected chi connectivity index (χ4v) is 3.51. The van der Waals surface area contributed by atoms with Crippen LogP contribution >= 0.6 is 15.9 Å². The number of carbonyl (C=O) groups is 1. The van der Waals surface area contributed by atoms with Gasteiger partial charge in [-0.2, -0.15) is 4.80 Å². The Morgan fingerprint density at radius 3 is 2.33 bits per heavy atom. The number of nitrogens with zero attached hydrogens (tertiary/aromatic N) is 7. The summed E-state index contributed by atoms with van der Waals surface area (Å²) in [5, 5.41) is 23.1. The number of nitro groups is 1. The molecule has 0 unspecified atom stereocenters. The van der Waals surface area contributed by atoms with Crippen molar-refractivity contribution in [2.75, 3.05) is 31.1 Å². The molecule has 30 heavy (non-hydrogen) atoms. The molecule has 1 amide bonds. The van der Waals surface area contributed by atoms with E-state index in [0.717, 1.165) is 15.7 Å². The van der Waals surface area contributed by atoms with Gasteiger partial charge in [-0.05, 0) is 41.6 Å². The van der Waals surface area contributed by atoms with Gasteiger partial charge in [-0.3, -0.25) is 14.9 Å². The second-order valence-electron chi connectivity index (χ2n) is 6.79. The molecule has 1 aliphatic heterocycles. The predicted molar refractivity (Wildman–Crippen MR) is 113 cm³/mol. The second kappa shape index (κ2) is 8.57. The van der Waals surface area contributed by atoms with E-state index in [-0.39, 0.29) is 18.1 Å². The van der Waals surface area contributed by atoms with Crippen molar-refractivity contribution in [3.8, 4) is 11.4 Å². The van der Waals surface area contributed by atoms with Crippen LogP contribution in [0.2, 0.25) is 0 Å². The summed E-state index contributed by atoms with van der Waals surface area (Å²) in [6.45, 7) is 2.45. The molecule has 3 aromatic rings. The highest BCUT2D eigenvalue weighted by Crippen LogP contribution is 2.21. The first-order valence-electron chi connectivity index (χ1n) is 9.30. The molecule has 0 bridgehead atoms. The number of rotatable bonds is 5. The van der Waals surface area contributed by atoms with Gasteiger partial charge in [-0.1, -0.05) is 15.9 Å². The number of halogens is 1. The Morgan fingerprint density at radius 1 is 1.03 bits per heavy atom. The number of benzene rings is 2. The van der Waals surface area contributed by atoms with Crippen LogP contribution in [-0.2, 0) is 11.3 Å². The summed E-state index contributed by atoms with van der Waals surface area (Å²) in [7, 11) is 0. The van der Waals surface area contributed by atoms with E-state index in [4.69, 9.17) is 0 Å². The molecule has 1 aromatic heterocycles. The van der Waals surface area contributed by atoms with E-state index in [1.54, 1.807) is 17.0 Å². The zero-order valence-corrected chi connectivity index (χ0v) is 17.5. The molecule has 1 fully saturated rings. The molecule has 11 heteroatoms. The summed E-state index contributed by atoms with van der Waals surface area (Å²) in [4.78, 5) is 28.2. The lowest BCUT2D eigenvalue weighted by Crippen LogP contribution is -2.49. The standard InChI is InChI=1S/C19H18BrN7O3/c20-15-3-1-14(2-4-15)19-21-23-26(22-19)13-18(28)25-11-9-24(10-12-25)16-5-7-17(8-6-16)27(29)30/h1-8H,9-13H2. The molecular weight excluding hydrogens is 454 g/mol. The van der Waals surface area contributed by atoms with Crippen LogP contribution in [0.3, 0.4) is 0 Å². The third-order valence-corrected chi connectivity index (χ3v) is 5.42. The van der Waals surface area contributed by atoms with Gasteiger partial charge in [-0.15, -0.1) is 10.2 Å². The van der Waals surface area contributed by atoms with Crippen LogP contribution in [0.15, 0.2) is 53.0 Å². The summed E-state index contributed by atoms with van der Waals surface area (Å²) < 4.78 is 0.960.